The number of hydrogen-bond donors (Lipinski definition) is 0. The molecule has 49 heavy (non-hydrogen) atoms. The molecule has 7 rings (SSSR count). The van der Waals surface area contributed by atoms with Crippen molar-refractivity contribution in [3.05, 3.63) is 107 Å². The molecule has 0 aliphatic carbocycles. The number of likely N-dealkylation sites (N-methyl/N-ethyl adjacent to an activating group) is 1. The van der Waals surface area contributed by atoms with Crippen LogP contribution < -0.4 is 10.3 Å². The Hall–Kier alpha value is -5.33. The van der Waals surface area contributed by atoms with Gasteiger partial charge in [-0.25, -0.2) is 22.4 Å². The van der Waals surface area contributed by atoms with Crippen LogP contribution in [0.1, 0.15) is 12.5 Å². The first-order chi connectivity index (χ1) is 23.5. The van der Waals surface area contributed by atoms with Gasteiger partial charge in [0.05, 0.1) is 22.1 Å². The van der Waals surface area contributed by atoms with E-state index >= 15 is 0 Å². The van der Waals surface area contributed by atoms with E-state index in [2.05, 4.69) is 9.88 Å². The van der Waals surface area contributed by atoms with Crippen LogP contribution in [0.25, 0.3) is 44.2 Å². The highest BCUT2D eigenvalue weighted by Crippen LogP contribution is 2.32. The summed E-state index contributed by atoms with van der Waals surface area (Å²) in [5.74, 6) is 0.630. The molecule has 1 aliphatic heterocycles. The zero-order valence-electron chi connectivity index (χ0n) is 27.7. The van der Waals surface area contributed by atoms with Gasteiger partial charge in [-0.15, -0.1) is 0 Å². The van der Waals surface area contributed by atoms with Gasteiger partial charge in [0.2, 0.25) is 11.8 Å². The van der Waals surface area contributed by atoms with Gasteiger partial charge in [-0.2, -0.15) is 0 Å². The standard InChI is InChI=1S/C37H36N6O5S/c1-24-5-10-29(11-6-24)49(46,47)43-16-15-30-31(23-41(4)37(45)35(30)43)26-7-12-32-27(21-26)8-13-33(39-32)28-9-14-34(38-22-28)48-20-19-42-18-17-40(3)36(44)25(42)2/h5-16,21-23,25H,17-20H2,1-4H3/t25-/m1/s1. The number of carbonyl (C=O) groups is 1. The summed E-state index contributed by atoms with van der Waals surface area (Å²) in [4.78, 5) is 38.9. The minimum Gasteiger partial charge on any atom is -0.476 e. The third-order valence-corrected chi connectivity index (χ3v) is 10.9. The molecular formula is C37H36N6O5S. The highest BCUT2D eigenvalue weighted by Gasteiger charge is 2.29. The molecule has 11 nitrogen and oxygen atoms in total. The number of carbonyl (C=O) groups excluding carboxylic acids is 1. The van der Waals surface area contributed by atoms with E-state index in [4.69, 9.17) is 9.72 Å². The normalized spacial score (nSPS) is 15.7. The Morgan fingerprint density at radius 1 is 0.918 bits per heavy atom. The minimum absolute atomic E-state index is 0.0954. The van der Waals surface area contributed by atoms with Crippen LogP contribution in [0.15, 0.2) is 101 Å². The Labute approximate surface area is 284 Å². The van der Waals surface area contributed by atoms with Crippen molar-refractivity contribution in [2.75, 3.05) is 33.3 Å². The fourth-order valence-corrected chi connectivity index (χ4v) is 7.63. The number of hydrogen-bond acceptors (Lipinski definition) is 8. The summed E-state index contributed by atoms with van der Waals surface area (Å²) in [6, 6.07) is 21.6. The summed E-state index contributed by atoms with van der Waals surface area (Å²) < 4.78 is 35.6. The number of pyridine rings is 3. The van der Waals surface area contributed by atoms with E-state index in [-0.39, 0.29) is 22.4 Å². The van der Waals surface area contributed by atoms with Crippen molar-refractivity contribution in [3.8, 4) is 28.3 Å². The number of benzene rings is 2. The molecule has 1 atom stereocenters. The van der Waals surface area contributed by atoms with Crippen molar-refractivity contribution >= 4 is 37.7 Å². The van der Waals surface area contributed by atoms with Gasteiger partial charge in [0, 0.05) is 80.3 Å². The largest absolute Gasteiger partial charge is 0.476 e. The SMILES string of the molecule is Cc1ccc(S(=O)(=O)n2ccc3c(-c4ccc5nc(-c6ccc(OCCN7CCN(C)C(=O)[C@H]7C)nc6)ccc5c4)cn(C)c(=O)c32)cc1. The topological polar surface area (TPSA) is 120 Å². The Morgan fingerprint density at radius 3 is 2.45 bits per heavy atom. The van der Waals surface area contributed by atoms with Crippen molar-refractivity contribution in [1.29, 1.82) is 0 Å². The second-order valence-electron chi connectivity index (χ2n) is 12.5. The number of fused-ring (bicyclic) bond motifs is 2. The molecule has 4 aromatic heterocycles. The number of amides is 1. The molecule has 0 spiro atoms. The summed E-state index contributed by atoms with van der Waals surface area (Å²) in [5, 5.41) is 1.43. The fourth-order valence-electron chi connectivity index (χ4n) is 6.29. The van der Waals surface area contributed by atoms with Crippen molar-refractivity contribution in [2.45, 2.75) is 24.8 Å². The van der Waals surface area contributed by atoms with Crippen LogP contribution in [0.5, 0.6) is 5.88 Å². The van der Waals surface area contributed by atoms with Crippen molar-refractivity contribution < 1.29 is 17.9 Å². The first-order valence-corrected chi connectivity index (χ1v) is 17.5. The molecule has 0 bridgehead atoms. The van der Waals surface area contributed by atoms with Crippen molar-refractivity contribution in [3.63, 3.8) is 0 Å². The average molecular weight is 677 g/mol. The number of piperazine rings is 1. The van der Waals surface area contributed by atoms with Gasteiger partial charge < -0.3 is 14.2 Å². The molecule has 6 aromatic rings. The van der Waals surface area contributed by atoms with Gasteiger partial charge in [-0.1, -0.05) is 29.8 Å². The predicted molar refractivity (Wildman–Crippen MR) is 189 cm³/mol. The van der Waals surface area contributed by atoms with Crippen LogP contribution in [0.3, 0.4) is 0 Å². The summed E-state index contributed by atoms with van der Waals surface area (Å²) in [6.45, 7) is 6.41. The predicted octanol–water partition coefficient (Wildman–Crippen LogP) is 4.70. The van der Waals surface area contributed by atoms with Crippen LogP contribution in [-0.4, -0.2) is 82.0 Å². The molecule has 0 unspecified atom stereocenters. The van der Waals surface area contributed by atoms with E-state index in [9.17, 15) is 18.0 Å². The Morgan fingerprint density at radius 2 is 1.69 bits per heavy atom. The lowest BCUT2D eigenvalue weighted by atomic mass is 10.0. The van der Waals surface area contributed by atoms with E-state index in [1.54, 1.807) is 54.7 Å². The molecule has 5 heterocycles. The molecular weight excluding hydrogens is 641 g/mol. The van der Waals surface area contributed by atoms with Gasteiger partial charge >= 0.3 is 0 Å². The highest BCUT2D eigenvalue weighted by molar-refractivity contribution is 7.90. The van der Waals surface area contributed by atoms with Crippen LogP contribution >= 0.6 is 0 Å². The molecule has 2 aromatic carbocycles. The zero-order valence-corrected chi connectivity index (χ0v) is 28.5. The molecule has 0 radical (unpaired) electrons. The molecule has 250 valence electrons. The first-order valence-electron chi connectivity index (χ1n) is 16.0. The molecule has 1 amide bonds. The van der Waals surface area contributed by atoms with Crippen molar-refractivity contribution in [2.24, 2.45) is 7.05 Å². The van der Waals surface area contributed by atoms with Gasteiger partial charge in [0.1, 0.15) is 12.1 Å². The number of aryl methyl sites for hydroxylation is 2. The lowest BCUT2D eigenvalue weighted by Gasteiger charge is -2.37. The number of rotatable bonds is 8. The zero-order chi connectivity index (χ0) is 34.4. The summed E-state index contributed by atoms with van der Waals surface area (Å²) in [5.41, 5.74) is 4.56. The van der Waals surface area contributed by atoms with E-state index in [1.165, 1.54) is 10.8 Å². The molecule has 1 fully saturated rings. The van der Waals surface area contributed by atoms with E-state index in [0.717, 1.165) is 49.4 Å². The Balaban J connectivity index is 1.12. The van der Waals surface area contributed by atoms with Crippen LogP contribution in [0, 0.1) is 6.92 Å². The monoisotopic (exact) mass is 676 g/mol. The molecule has 1 aliphatic rings. The smallest absolute Gasteiger partial charge is 0.275 e. The lowest BCUT2D eigenvalue weighted by molar-refractivity contribution is -0.139. The molecule has 0 N–H and O–H groups in total. The number of nitrogens with zero attached hydrogens (tertiary/aromatic N) is 6. The third-order valence-electron chi connectivity index (χ3n) is 9.23. The summed E-state index contributed by atoms with van der Waals surface area (Å²) in [7, 11) is -0.543. The summed E-state index contributed by atoms with van der Waals surface area (Å²) in [6.07, 6.45) is 4.91. The fraction of sp³-hybridized carbons (Fsp3) is 0.243. The van der Waals surface area contributed by atoms with E-state index in [0.29, 0.717) is 31.0 Å². The Kier molecular flexibility index (Phi) is 8.29. The maximum absolute atomic E-state index is 13.6. The Bertz CT molecular complexity index is 2380. The van der Waals surface area contributed by atoms with Crippen LogP contribution in [0.2, 0.25) is 0 Å². The molecule has 1 saturated heterocycles. The maximum atomic E-state index is 13.6. The summed E-state index contributed by atoms with van der Waals surface area (Å²) >= 11 is 0. The van der Waals surface area contributed by atoms with E-state index in [1.807, 2.05) is 63.4 Å². The highest BCUT2D eigenvalue weighted by atomic mass is 32.2. The average Bonchev–Trinajstić information content (AvgIpc) is 3.57. The quantitative estimate of drug-likeness (QED) is 0.228. The number of ether oxygens (including phenoxy) is 1. The van der Waals surface area contributed by atoms with Gasteiger partial charge in [-0.05, 0) is 61.9 Å². The lowest BCUT2D eigenvalue weighted by Crippen LogP contribution is -2.55. The second kappa shape index (κ2) is 12.6. The maximum Gasteiger partial charge on any atom is 0.275 e. The molecule has 12 heteroatoms. The van der Waals surface area contributed by atoms with Crippen molar-refractivity contribution in [1.82, 2.24) is 28.3 Å². The van der Waals surface area contributed by atoms with Gasteiger partial charge in [-0.3, -0.25) is 14.5 Å². The third kappa shape index (κ3) is 5.98. The number of aromatic nitrogens is 4. The molecule has 0 saturated carbocycles. The van der Waals surface area contributed by atoms with E-state index < -0.39 is 15.6 Å². The van der Waals surface area contributed by atoms with Gasteiger partial charge in [0.25, 0.3) is 15.6 Å². The van der Waals surface area contributed by atoms with Gasteiger partial charge in [0.15, 0.2) is 0 Å². The minimum atomic E-state index is -4.00. The van der Waals surface area contributed by atoms with Crippen LogP contribution in [-0.2, 0) is 21.9 Å². The second-order valence-corrected chi connectivity index (χ2v) is 14.3. The first kappa shape index (κ1) is 32.2. The van der Waals surface area contributed by atoms with Crippen LogP contribution in [0.4, 0.5) is 0 Å².